The molecule has 168 valence electrons. The number of hydrogen-bond acceptors (Lipinski definition) is 6. The van der Waals surface area contributed by atoms with Crippen LogP contribution in [-0.4, -0.2) is 71.1 Å². The second-order valence-electron chi connectivity index (χ2n) is 8.35. The molecule has 2 unspecified atom stereocenters. The second kappa shape index (κ2) is 8.70. The van der Waals surface area contributed by atoms with Gasteiger partial charge in [0, 0.05) is 31.1 Å². The number of likely N-dealkylation sites (tertiary alicyclic amines) is 1. The molecule has 9 heteroatoms. The molecule has 0 radical (unpaired) electrons. The van der Waals surface area contributed by atoms with E-state index in [4.69, 9.17) is 4.74 Å². The van der Waals surface area contributed by atoms with Crippen LogP contribution in [-0.2, 0) is 14.4 Å². The normalized spacial score (nSPS) is 30.9. The van der Waals surface area contributed by atoms with Gasteiger partial charge in [-0.15, -0.1) is 11.8 Å². The number of aliphatic hydroxyl groups excluding tert-OH is 1. The maximum absolute atomic E-state index is 13.5. The Morgan fingerprint density at radius 1 is 1.26 bits per heavy atom. The summed E-state index contributed by atoms with van der Waals surface area (Å²) in [4.78, 5) is 41.4. The zero-order chi connectivity index (χ0) is 22.2. The maximum Gasteiger partial charge on any atom is 0.248 e. The highest BCUT2D eigenvalue weighted by Gasteiger charge is 2.73. The van der Waals surface area contributed by atoms with Gasteiger partial charge in [-0.1, -0.05) is 0 Å². The van der Waals surface area contributed by atoms with Gasteiger partial charge in [0.1, 0.15) is 11.8 Å². The Balaban J connectivity index is 1.64. The number of amides is 3. The Labute approximate surface area is 186 Å². The maximum atomic E-state index is 13.5. The fourth-order valence-corrected chi connectivity index (χ4v) is 7.66. The van der Waals surface area contributed by atoms with Crippen molar-refractivity contribution in [1.82, 2.24) is 10.2 Å². The summed E-state index contributed by atoms with van der Waals surface area (Å²) in [7, 11) is 3.18. The number of fused-ring (bicyclic) bond motifs is 1. The van der Waals surface area contributed by atoms with Crippen molar-refractivity contribution in [2.45, 2.75) is 41.7 Å². The van der Waals surface area contributed by atoms with Gasteiger partial charge in [-0.2, -0.15) is 0 Å². The van der Waals surface area contributed by atoms with Crippen LogP contribution in [0.3, 0.4) is 0 Å². The fraction of sp³-hybridized carbons (Fsp3) is 0.591. The first-order chi connectivity index (χ1) is 15.0. The van der Waals surface area contributed by atoms with Gasteiger partial charge in [0.05, 0.1) is 23.7 Å². The molecule has 5 atom stereocenters. The summed E-state index contributed by atoms with van der Waals surface area (Å²) in [5, 5.41) is 14.9. The largest absolute Gasteiger partial charge is 0.497 e. The minimum absolute atomic E-state index is 0.0387. The molecule has 0 aliphatic carbocycles. The molecule has 3 fully saturated rings. The van der Waals surface area contributed by atoms with E-state index in [2.05, 4.69) is 10.6 Å². The average Bonchev–Trinajstić information content (AvgIpc) is 3.41. The van der Waals surface area contributed by atoms with E-state index in [1.165, 1.54) is 0 Å². The highest BCUT2D eigenvalue weighted by atomic mass is 32.2. The van der Waals surface area contributed by atoms with E-state index in [0.29, 0.717) is 30.8 Å². The van der Waals surface area contributed by atoms with Crippen LogP contribution in [0, 0.1) is 11.8 Å². The number of nitrogens with zero attached hydrogens (tertiary/aromatic N) is 1. The Hall–Kier alpha value is -2.26. The summed E-state index contributed by atoms with van der Waals surface area (Å²) in [5.41, 5.74) is 0.633. The highest BCUT2D eigenvalue weighted by molar-refractivity contribution is 8.02. The van der Waals surface area contributed by atoms with Crippen molar-refractivity contribution in [3.8, 4) is 5.75 Å². The summed E-state index contributed by atoms with van der Waals surface area (Å²) in [6, 6.07) is 6.44. The van der Waals surface area contributed by atoms with Crippen LogP contribution in [0.1, 0.15) is 25.7 Å². The molecule has 0 saturated carbocycles. The van der Waals surface area contributed by atoms with Crippen molar-refractivity contribution in [1.29, 1.82) is 0 Å². The number of nitrogens with one attached hydrogen (secondary N) is 2. The summed E-state index contributed by atoms with van der Waals surface area (Å²) in [5.74, 6) is -0.667. The molecule has 1 aromatic carbocycles. The first-order valence-corrected chi connectivity index (χ1v) is 11.6. The summed E-state index contributed by atoms with van der Waals surface area (Å²) >= 11 is 1.65. The standard InChI is InChI=1S/C22H29N3O5S/c1-23-19(27)16-15-9-10-22(31-15)17(16)21(29)25(11-3-4-12-26)18(22)20(28)24-13-5-7-14(30-2)8-6-13/h5-8,15-18,26H,3-4,9-12H2,1-2H3,(H,23,27)(H,24,28)/t15-,16+,17+,18?,22?/m1/s1. The summed E-state index contributed by atoms with van der Waals surface area (Å²) in [6.07, 6.45) is 2.73. The number of aliphatic hydroxyl groups is 1. The number of carbonyl (C=O) groups excluding carboxylic acids is 3. The quantitative estimate of drug-likeness (QED) is 0.518. The number of rotatable bonds is 8. The van der Waals surface area contributed by atoms with Crippen LogP contribution < -0.4 is 15.4 Å². The van der Waals surface area contributed by atoms with Gasteiger partial charge < -0.3 is 25.4 Å². The molecule has 4 rings (SSSR count). The molecule has 3 saturated heterocycles. The monoisotopic (exact) mass is 447 g/mol. The van der Waals surface area contributed by atoms with Crippen molar-refractivity contribution < 1.29 is 24.2 Å². The minimum Gasteiger partial charge on any atom is -0.497 e. The topological polar surface area (TPSA) is 108 Å². The van der Waals surface area contributed by atoms with E-state index in [-0.39, 0.29) is 29.6 Å². The second-order valence-corrected chi connectivity index (χ2v) is 9.95. The van der Waals surface area contributed by atoms with E-state index < -0.39 is 22.6 Å². The van der Waals surface area contributed by atoms with Crippen molar-refractivity contribution in [2.24, 2.45) is 11.8 Å². The van der Waals surface area contributed by atoms with Crippen molar-refractivity contribution in [3.63, 3.8) is 0 Å². The average molecular weight is 448 g/mol. The van der Waals surface area contributed by atoms with Crippen LogP contribution in [0.15, 0.2) is 24.3 Å². The number of anilines is 1. The lowest BCUT2D eigenvalue weighted by molar-refractivity contribution is -0.139. The number of benzene rings is 1. The van der Waals surface area contributed by atoms with E-state index in [1.54, 1.807) is 55.1 Å². The van der Waals surface area contributed by atoms with Gasteiger partial charge in [-0.05, 0) is 49.9 Å². The first kappa shape index (κ1) is 22.0. The van der Waals surface area contributed by atoms with Gasteiger partial charge in [-0.25, -0.2) is 0 Å². The van der Waals surface area contributed by atoms with Gasteiger partial charge in [0.2, 0.25) is 17.7 Å². The zero-order valence-corrected chi connectivity index (χ0v) is 18.6. The molecule has 0 aromatic heterocycles. The third-order valence-corrected chi connectivity index (χ3v) is 8.71. The molecule has 3 N–H and O–H groups in total. The first-order valence-electron chi connectivity index (χ1n) is 10.7. The SMILES string of the molecule is CNC(=O)[C@@H]1[C@H]2C(=O)N(CCCCO)C(C(=O)Nc3ccc(OC)cc3)C23CC[C@H]1S3. The minimum atomic E-state index is -0.643. The lowest BCUT2D eigenvalue weighted by Gasteiger charge is -2.34. The van der Waals surface area contributed by atoms with E-state index in [9.17, 15) is 19.5 Å². The lowest BCUT2D eigenvalue weighted by Crippen LogP contribution is -2.51. The number of carbonyl (C=O) groups is 3. The molecule has 1 spiro atoms. The number of hydrogen-bond donors (Lipinski definition) is 3. The predicted molar refractivity (Wildman–Crippen MR) is 118 cm³/mol. The van der Waals surface area contributed by atoms with Gasteiger partial charge in [0.15, 0.2) is 0 Å². The third-order valence-electron chi connectivity index (χ3n) is 6.76. The molecular formula is C22H29N3O5S. The highest BCUT2D eigenvalue weighted by Crippen LogP contribution is 2.66. The van der Waals surface area contributed by atoms with Crippen molar-refractivity contribution in [2.75, 3.05) is 32.6 Å². The molecule has 3 heterocycles. The summed E-state index contributed by atoms with van der Waals surface area (Å²) in [6.45, 7) is 0.432. The van der Waals surface area contributed by atoms with E-state index >= 15 is 0 Å². The Morgan fingerprint density at radius 3 is 2.65 bits per heavy atom. The van der Waals surface area contributed by atoms with Crippen LogP contribution in [0.2, 0.25) is 0 Å². The molecule has 31 heavy (non-hydrogen) atoms. The molecule has 1 aromatic rings. The van der Waals surface area contributed by atoms with E-state index in [1.807, 2.05) is 0 Å². The van der Waals surface area contributed by atoms with Crippen LogP contribution in [0.25, 0.3) is 0 Å². The molecule has 3 amide bonds. The Bertz CT molecular complexity index is 863. The van der Waals surface area contributed by atoms with Gasteiger partial charge in [-0.3, -0.25) is 14.4 Å². The summed E-state index contributed by atoms with van der Waals surface area (Å²) < 4.78 is 4.58. The number of ether oxygens (including phenoxy) is 1. The van der Waals surface area contributed by atoms with Crippen LogP contribution in [0.5, 0.6) is 5.75 Å². The smallest absolute Gasteiger partial charge is 0.248 e. The van der Waals surface area contributed by atoms with Crippen molar-refractivity contribution >= 4 is 35.2 Å². The molecule has 3 aliphatic heterocycles. The van der Waals surface area contributed by atoms with Crippen molar-refractivity contribution in [3.05, 3.63) is 24.3 Å². The Kier molecular flexibility index (Phi) is 6.16. The molecular weight excluding hydrogens is 418 g/mol. The van der Waals surface area contributed by atoms with E-state index in [0.717, 1.165) is 12.8 Å². The number of unbranched alkanes of at least 4 members (excludes halogenated alkanes) is 1. The zero-order valence-electron chi connectivity index (χ0n) is 17.8. The molecule has 3 aliphatic rings. The lowest BCUT2D eigenvalue weighted by atomic mass is 9.71. The van der Waals surface area contributed by atoms with Crippen LogP contribution >= 0.6 is 11.8 Å². The van der Waals surface area contributed by atoms with Crippen LogP contribution in [0.4, 0.5) is 5.69 Å². The predicted octanol–water partition coefficient (Wildman–Crippen LogP) is 1.24. The van der Waals surface area contributed by atoms with Gasteiger partial charge >= 0.3 is 0 Å². The molecule has 2 bridgehead atoms. The number of thioether (sulfide) groups is 1. The molecule has 8 nitrogen and oxygen atoms in total. The Morgan fingerprint density at radius 2 is 2.00 bits per heavy atom. The fourth-order valence-electron chi connectivity index (χ4n) is 5.44. The number of methoxy groups -OCH3 is 1. The van der Waals surface area contributed by atoms with Gasteiger partial charge in [0.25, 0.3) is 0 Å². The third kappa shape index (κ3) is 3.57.